The van der Waals surface area contributed by atoms with Gasteiger partial charge in [0.1, 0.15) is 23.0 Å². The molecule has 0 saturated carbocycles. The predicted molar refractivity (Wildman–Crippen MR) is 264 cm³/mol. The van der Waals surface area contributed by atoms with E-state index in [1.807, 2.05) is 60.7 Å². The van der Waals surface area contributed by atoms with E-state index in [0.717, 1.165) is 80.0 Å². The van der Waals surface area contributed by atoms with Crippen molar-refractivity contribution >= 4 is 55.0 Å². The number of rotatable bonds is 10. The third-order valence-electron chi connectivity index (χ3n) is 11.9. The van der Waals surface area contributed by atoms with Crippen LogP contribution in [0.4, 0.5) is 17.1 Å². The van der Waals surface area contributed by atoms with Crippen molar-refractivity contribution in [2.75, 3.05) is 4.90 Å². The van der Waals surface area contributed by atoms with Crippen LogP contribution in [0.2, 0.25) is 0 Å². The van der Waals surface area contributed by atoms with Crippen LogP contribution in [0.15, 0.2) is 237 Å². The Kier molecular flexibility index (Phi) is 10.0. The van der Waals surface area contributed by atoms with Crippen molar-refractivity contribution in [3.63, 3.8) is 0 Å². The van der Waals surface area contributed by atoms with Crippen molar-refractivity contribution in [1.29, 1.82) is 0 Å². The zero-order valence-electron chi connectivity index (χ0n) is 34.7. The third kappa shape index (κ3) is 7.41. The van der Waals surface area contributed by atoms with Gasteiger partial charge in [-0.2, -0.15) is 0 Å². The summed E-state index contributed by atoms with van der Waals surface area (Å²) in [6.07, 6.45) is 9.06. The van der Waals surface area contributed by atoms with Gasteiger partial charge in [0.2, 0.25) is 0 Å². The van der Waals surface area contributed by atoms with Crippen LogP contribution in [0.3, 0.4) is 0 Å². The standard InChI is InChI=1S/C60H43NO2/c1-7-19-42(20-8-1)54-41-55(43-31-33-47(34-32-43)61(45-23-11-3-12-24-45)46-25-13-4-14-26-46)59-52-37-35-50(62-48-27-15-5-16-28-48)39-56(52)57-40-51(63-49-29-17-6-18-30-49)36-38-53(57)60(59)58(54)44-21-9-2-10-22-44/h2-7,9-41H,1,8H2. The van der Waals surface area contributed by atoms with Crippen molar-refractivity contribution in [3.05, 3.63) is 242 Å². The van der Waals surface area contributed by atoms with Gasteiger partial charge < -0.3 is 14.4 Å². The molecule has 0 spiro atoms. The fourth-order valence-electron chi connectivity index (χ4n) is 9.10. The monoisotopic (exact) mass is 809 g/mol. The molecule has 11 rings (SSSR count). The first-order valence-corrected chi connectivity index (χ1v) is 21.6. The second-order valence-electron chi connectivity index (χ2n) is 15.9. The SMILES string of the molecule is C1=CC(c2cc(-c3ccc(N(c4ccccc4)c4ccccc4)cc3)c3c4ccc(Oc5ccccc5)cc4c4cc(Oc5ccccc5)ccc4c3c2-c2ccccc2)=CCC1. The number of anilines is 3. The molecule has 0 saturated heterocycles. The van der Waals surface area contributed by atoms with Crippen molar-refractivity contribution < 1.29 is 9.47 Å². The zero-order chi connectivity index (χ0) is 42.0. The van der Waals surface area contributed by atoms with E-state index < -0.39 is 0 Å². The average molecular weight is 810 g/mol. The minimum atomic E-state index is 0.772. The van der Waals surface area contributed by atoms with Gasteiger partial charge in [-0.05, 0) is 170 Å². The van der Waals surface area contributed by atoms with Gasteiger partial charge in [-0.1, -0.05) is 146 Å². The number of nitrogens with zero attached hydrogens (tertiary/aromatic N) is 1. The minimum Gasteiger partial charge on any atom is -0.457 e. The summed E-state index contributed by atoms with van der Waals surface area (Å²) < 4.78 is 13.1. The van der Waals surface area contributed by atoms with Gasteiger partial charge in [0.15, 0.2) is 0 Å². The summed E-state index contributed by atoms with van der Waals surface area (Å²) in [5.74, 6) is 3.13. The Morgan fingerprint density at radius 1 is 0.349 bits per heavy atom. The second kappa shape index (κ2) is 16.7. The number of fused-ring (bicyclic) bond motifs is 6. The maximum Gasteiger partial charge on any atom is 0.128 e. The van der Waals surface area contributed by atoms with Crippen molar-refractivity contribution in [2.45, 2.75) is 12.8 Å². The number of hydrogen-bond donors (Lipinski definition) is 0. The summed E-state index contributed by atoms with van der Waals surface area (Å²) in [6.45, 7) is 0. The van der Waals surface area contributed by atoms with Crippen LogP contribution in [0, 0.1) is 0 Å². The average Bonchev–Trinajstić information content (AvgIpc) is 3.35. The Hall–Kier alpha value is -8.14. The van der Waals surface area contributed by atoms with E-state index in [4.69, 9.17) is 9.47 Å². The quantitative estimate of drug-likeness (QED) is 0.128. The van der Waals surface area contributed by atoms with Crippen LogP contribution < -0.4 is 14.4 Å². The molecule has 0 atom stereocenters. The molecule has 0 heterocycles. The molecular weight excluding hydrogens is 767 g/mol. The number of ether oxygens (including phenoxy) is 2. The number of allylic oxidation sites excluding steroid dienone is 4. The Balaban J connectivity index is 1.21. The van der Waals surface area contributed by atoms with Gasteiger partial charge in [0, 0.05) is 17.1 Å². The molecule has 3 heteroatoms. The molecule has 0 amide bonds. The number of benzene rings is 10. The molecule has 3 nitrogen and oxygen atoms in total. The highest BCUT2D eigenvalue weighted by Crippen LogP contribution is 2.50. The molecule has 0 fully saturated rings. The molecule has 1 aliphatic rings. The zero-order valence-corrected chi connectivity index (χ0v) is 34.7. The van der Waals surface area contributed by atoms with Gasteiger partial charge in [0.05, 0.1) is 0 Å². The molecule has 0 aromatic heterocycles. The first-order valence-electron chi connectivity index (χ1n) is 21.6. The Bertz CT molecular complexity index is 3250. The summed E-state index contributed by atoms with van der Waals surface area (Å²) in [6, 6.07) is 76.8. The summed E-state index contributed by atoms with van der Waals surface area (Å²) in [7, 11) is 0. The third-order valence-corrected chi connectivity index (χ3v) is 11.9. The summed E-state index contributed by atoms with van der Waals surface area (Å²) >= 11 is 0. The predicted octanol–water partition coefficient (Wildman–Crippen LogP) is 17.3. The summed E-state index contributed by atoms with van der Waals surface area (Å²) in [4.78, 5) is 2.32. The topological polar surface area (TPSA) is 21.7 Å². The molecule has 63 heavy (non-hydrogen) atoms. The fourth-order valence-corrected chi connectivity index (χ4v) is 9.10. The van der Waals surface area contributed by atoms with Crippen molar-refractivity contribution in [2.24, 2.45) is 0 Å². The highest BCUT2D eigenvalue weighted by atomic mass is 16.5. The van der Waals surface area contributed by atoms with E-state index in [1.165, 1.54) is 38.6 Å². The molecule has 10 aromatic carbocycles. The fraction of sp³-hybridized carbons (Fsp3) is 0.0333. The summed E-state index contributed by atoms with van der Waals surface area (Å²) in [5, 5.41) is 6.87. The van der Waals surface area contributed by atoms with Crippen LogP contribution in [0.25, 0.3) is 60.1 Å². The molecule has 0 unspecified atom stereocenters. The maximum atomic E-state index is 6.54. The smallest absolute Gasteiger partial charge is 0.128 e. The first-order chi connectivity index (χ1) is 31.2. The van der Waals surface area contributed by atoms with E-state index in [1.54, 1.807) is 0 Å². The Labute approximate surface area is 368 Å². The second-order valence-corrected chi connectivity index (χ2v) is 15.9. The lowest BCUT2D eigenvalue weighted by Gasteiger charge is -2.26. The highest BCUT2D eigenvalue weighted by Gasteiger charge is 2.23. The van der Waals surface area contributed by atoms with Crippen molar-refractivity contribution in [1.82, 2.24) is 0 Å². The van der Waals surface area contributed by atoms with Crippen LogP contribution in [-0.2, 0) is 0 Å². The molecular formula is C60H43NO2. The molecule has 0 radical (unpaired) electrons. The lowest BCUT2D eigenvalue weighted by molar-refractivity contribution is 0.483. The largest absolute Gasteiger partial charge is 0.457 e. The maximum absolute atomic E-state index is 6.54. The lowest BCUT2D eigenvalue weighted by Crippen LogP contribution is -2.09. The van der Waals surface area contributed by atoms with Crippen LogP contribution in [0.5, 0.6) is 23.0 Å². The van der Waals surface area contributed by atoms with Crippen LogP contribution >= 0.6 is 0 Å². The van der Waals surface area contributed by atoms with Crippen molar-refractivity contribution in [3.8, 4) is 45.3 Å². The van der Waals surface area contributed by atoms with Gasteiger partial charge >= 0.3 is 0 Å². The van der Waals surface area contributed by atoms with Crippen LogP contribution in [0.1, 0.15) is 18.4 Å². The molecule has 10 aromatic rings. The summed E-state index contributed by atoms with van der Waals surface area (Å²) in [5.41, 5.74) is 10.5. The van der Waals surface area contributed by atoms with Gasteiger partial charge in [-0.25, -0.2) is 0 Å². The van der Waals surface area contributed by atoms with E-state index in [2.05, 4.69) is 181 Å². The Morgan fingerprint density at radius 3 is 1.37 bits per heavy atom. The molecule has 0 aliphatic heterocycles. The number of hydrogen-bond acceptors (Lipinski definition) is 3. The minimum absolute atomic E-state index is 0.772. The lowest BCUT2D eigenvalue weighted by atomic mass is 9.80. The normalized spacial score (nSPS) is 12.3. The van der Waals surface area contributed by atoms with E-state index in [0.29, 0.717) is 0 Å². The molecule has 0 bridgehead atoms. The van der Waals surface area contributed by atoms with Gasteiger partial charge in [-0.3, -0.25) is 0 Å². The van der Waals surface area contributed by atoms with E-state index in [-0.39, 0.29) is 0 Å². The molecule has 300 valence electrons. The van der Waals surface area contributed by atoms with E-state index in [9.17, 15) is 0 Å². The van der Waals surface area contributed by atoms with E-state index >= 15 is 0 Å². The Morgan fingerprint density at radius 2 is 0.841 bits per heavy atom. The highest BCUT2D eigenvalue weighted by molar-refractivity contribution is 6.32. The molecule has 1 aliphatic carbocycles. The number of para-hydroxylation sites is 4. The first kappa shape index (κ1) is 37.8. The van der Waals surface area contributed by atoms with Crippen LogP contribution in [-0.4, -0.2) is 0 Å². The van der Waals surface area contributed by atoms with Gasteiger partial charge in [-0.15, -0.1) is 0 Å². The molecule has 0 N–H and O–H groups in total. The van der Waals surface area contributed by atoms with Gasteiger partial charge in [0.25, 0.3) is 0 Å².